The second-order valence-corrected chi connectivity index (χ2v) is 3.42. The zero-order chi connectivity index (χ0) is 7.23. The first-order valence-electron chi connectivity index (χ1n) is 4.75. The first-order valence-corrected chi connectivity index (χ1v) is 4.75. The third-order valence-electron chi connectivity index (χ3n) is 2.63. The highest BCUT2D eigenvalue weighted by Gasteiger charge is 2.07. The van der Waals surface area contributed by atoms with Gasteiger partial charge in [-0.15, -0.1) is 0 Å². The monoisotopic (exact) mass is 139 g/mol. The molecule has 1 aliphatic rings. The van der Waals surface area contributed by atoms with Crippen LogP contribution in [0.5, 0.6) is 0 Å². The van der Waals surface area contributed by atoms with E-state index in [1.807, 2.05) is 0 Å². The number of hydrogen-bond donors (Lipinski definition) is 0. The van der Waals surface area contributed by atoms with Gasteiger partial charge in [0.25, 0.3) is 0 Å². The number of hydrogen-bond acceptors (Lipinski definition) is 0. The Morgan fingerprint density at radius 1 is 1.20 bits per heavy atom. The lowest BCUT2D eigenvalue weighted by atomic mass is 9.90. The molecule has 0 heteroatoms. The second kappa shape index (κ2) is 4.76. The van der Waals surface area contributed by atoms with Gasteiger partial charge in [-0.2, -0.15) is 0 Å². The standard InChI is InChI=1S/C10H19/c1-2-10-8-6-4-3-5-7-9-10/h4,10H,2-3,5-9H2,1H3. The zero-order valence-corrected chi connectivity index (χ0v) is 7.10. The summed E-state index contributed by atoms with van der Waals surface area (Å²) in [6.45, 7) is 2.33. The van der Waals surface area contributed by atoms with Crippen molar-refractivity contribution in [2.75, 3.05) is 0 Å². The maximum absolute atomic E-state index is 2.47. The second-order valence-electron chi connectivity index (χ2n) is 3.42. The van der Waals surface area contributed by atoms with Gasteiger partial charge in [0.1, 0.15) is 0 Å². The van der Waals surface area contributed by atoms with Crippen molar-refractivity contribution in [1.82, 2.24) is 0 Å². The van der Waals surface area contributed by atoms with E-state index in [0.717, 1.165) is 5.92 Å². The highest BCUT2D eigenvalue weighted by Crippen LogP contribution is 2.23. The van der Waals surface area contributed by atoms with E-state index >= 15 is 0 Å². The van der Waals surface area contributed by atoms with Crippen LogP contribution in [0.4, 0.5) is 0 Å². The van der Waals surface area contributed by atoms with Gasteiger partial charge >= 0.3 is 0 Å². The molecule has 1 aliphatic carbocycles. The average molecular weight is 139 g/mol. The first-order chi connectivity index (χ1) is 4.93. The van der Waals surface area contributed by atoms with Crippen LogP contribution in [-0.4, -0.2) is 0 Å². The largest absolute Gasteiger partial charge is 0.0651 e. The van der Waals surface area contributed by atoms with E-state index in [2.05, 4.69) is 13.3 Å². The van der Waals surface area contributed by atoms with Crippen molar-refractivity contribution in [1.29, 1.82) is 0 Å². The lowest BCUT2D eigenvalue weighted by Crippen LogP contribution is -2.01. The molecule has 0 amide bonds. The van der Waals surface area contributed by atoms with Crippen LogP contribution in [0.25, 0.3) is 0 Å². The molecule has 0 aliphatic heterocycles. The summed E-state index contributed by atoms with van der Waals surface area (Å²) < 4.78 is 0. The van der Waals surface area contributed by atoms with Crippen molar-refractivity contribution in [3.8, 4) is 0 Å². The Kier molecular flexibility index (Phi) is 3.86. The van der Waals surface area contributed by atoms with Crippen molar-refractivity contribution in [3.05, 3.63) is 6.42 Å². The minimum absolute atomic E-state index is 1.04. The summed E-state index contributed by atoms with van der Waals surface area (Å²) in [5.41, 5.74) is 0. The van der Waals surface area contributed by atoms with Crippen molar-refractivity contribution in [2.45, 2.75) is 51.9 Å². The van der Waals surface area contributed by atoms with Crippen LogP contribution >= 0.6 is 0 Å². The average Bonchev–Trinajstić information content (AvgIpc) is 1.87. The van der Waals surface area contributed by atoms with Crippen LogP contribution in [0.2, 0.25) is 0 Å². The molecule has 1 saturated carbocycles. The van der Waals surface area contributed by atoms with Gasteiger partial charge in [0.2, 0.25) is 0 Å². The highest BCUT2D eigenvalue weighted by atomic mass is 14.1. The maximum Gasteiger partial charge on any atom is -0.0386 e. The Labute approximate surface area is 65.0 Å². The van der Waals surface area contributed by atoms with E-state index in [-0.39, 0.29) is 0 Å². The van der Waals surface area contributed by atoms with Gasteiger partial charge in [-0.05, 0) is 18.8 Å². The molecule has 1 atom stereocenters. The van der Waals surface area contributed by atoms with E-state index < -0.39 is 0 Å². The fourth-order valence-electron chi connectivity index (χ4n) is 1.77. The molecule has 1 rings (SSSR count). The first kappa shape index (κ1) is 8.10. The molecule has 59 valence electrons. The van der Waals surface area contributed by atoms with Gasteiger partial charge in [0.05, 0.1) is 0 Å². The normalized spacial score (nSPS) is 23.7. The van der Waals surface area contributed by atoms with Gasteiger partial charge in [0.15, 0.2) is 0 Å². The van der Waals surface area contributed by atoms with Gasteiger partial charge in [0, 0.05) is 0 Å². The van der Waals surface area contributed by atoms with Crippen LogP contribution in [0.1, 0.15) is 51.9 Å². The molecule has 0 heterocycles. The summed E-state index contributed by atoms with van der Waals surface area (Å²) in [7, 11) is 0. The van der Waals surface area contributed by atoms with Crippen molar-refractivity contribution in [3.63, 3.8) is 0 Å². The van der Waals surface area contributed by atoms with E-state index in [4.69, 9.17) is 0 Å². The van der Waals surface area contributed by atoms with Gasteiger partial charge in [-0.25, -0.2) is 0 Å². The highest BCUT2D eigenvalue weighted by molar-refractivity contribution is 4.71. The van der Waals surface area contributed by atoms with E-state index in [0.29, 0.717) is 0 Å². The lowest BCUT2D eigenvalue weighted by molar-refractivity contribution is 0.397. The zero-order valence-electron chi connectivity index (χ0n) is 7.10. The lowest BCUT2D eigenvalue weighted by Gasteiger charge is -2.16. The Morgan fingerprint density at radius 2 is 2.10 bits per heavy atom. The summed E-state index contributed by atoms with van der Waals surface area (Å²) in [6.07, 6.45) is 12.5. The minimum atomic E-state index is 1.04. The van der Waals surface area contributed by atoms with E-state index in [9.17, 15) is 0 Å². The van der Waals surface area contributed by atoms with Gasteiger partial charge < -0.3 is 0 Å². The van der Waals surface area contributed by atoms with Crippen molar-refractivity contribution < 1.29 is 0 Å². The fourth-order valence-corrected chi connectivity index (χ4v) is 1.77. The summed E-state index contributed by atoms with van der Waals surface area (Å²) in [5, 5.41) is 0. The Morgan fingerprint density at radius 3 is 2.90 bits per heavy atom. The topological polar surface area (TPSA) is 0 Å². The molecule has 0 spiro atoms. The summed E-state index contributed by atoms with van der Waals surface area (Å²) in [5.74, 6) is 1.04. The molecular formula is C10H19. The van der Waals surface area contributed by atoms with Crippen LogP contribution in [0.15, 0.2) is 0 Å². The SMILES string of the molecule is CCC1CC[CH]CCCC1. The third-order valence-corrected chi connectivity index (χ3v) is 2.63. The summed E-state index contributed by atoms with van der Waals surface area (Å²) >= 11 is 0. The molecular weight excluding hydrogens is 120 g/mol. The van der Waals surface area contributed by atoms with Crippen LogP contribution < -0.4 is 0 Å². The van der Waals surface area contributed by atoms with Crippen molar-refractivity contribution >= 4 is 0 Å². The quantitative estimate of drug-likeness (QED) is 0.521. The van der Waals surface area contributed by atoms with Crippen molar-refractivity contribution in [2.24, 2.45) is 5.92 Å². The molecule has 1 radical (unpaired) electrons. The molecule has 0 aromatic heterocycles. The predicted octanol–water partition coefficient (Wildman–Crippen LogP) is 3.57. The van der Waals surface area contributed by atoms with Crippen LogP contribution in [0, 0.1) is 12.3 Å². The smallest absolute Gasteiger partial charge is 0.0386 e. The third kappa shape index (κ3) is 2.72. The molecule has 0 aromatic rings. The molecule has 0 aromatic carbocycles. The molecule has 1 fully saturated rings. The minimum Gasteiger partial charge on any atom is -0.0651 e. The molecule has 0 nitrogen and oxygen atoms in total. The maximum atomic E-state index is 2.47. The molecule has 10 heavy (non-hydrogen) atoms. The van der Waals surface area contributed by atoms with Gasteiger partial charge in [-0.1, -0.05) is 45.4 Å². The van der Waals surface area contributed by atoms with E-state index in [1.54, 1.807) is 0 Å². The number of rotatable bonds is 1. The Hall–Kier alpha value is 0. The molecule has 0 bridgehead atoms. The van der Waals surface area contributed by atoms with E-state index in [1.165, 1.54) is 44.9 Å². The molecule has 0 N–H and O–H groups in total. The van der Waals surface area contributed by atoms with Crippen LogP contribution in [0.3, 0.4) is 0 Å². The van der Waals surface area contributed by atoms with Gasteiger partial charge in [-0.3, -0.25) is 0 Å². The Bertz CT molecular complexity index is 68.1. The Balaban J connectivity index is 2.16. The summed E-state index contributed by atoms with van der Waals surface area (Å²) in [6, 6.07) is 0. The van der Waals surface area contributed by atoms with Crippen LogP contribution in [-0.2, 0) is 0 Å². The molecule has 1 unspecified atom stereocenters. The predicted molar refractivity (Wildman–Crippen MR) is 45.8 cm³/mol. The molecule has 0 saturated heterocycles. The summed E-state index contributed by atoms with van der Waals surface area (Å²) in [4.78, 5) is 0. The fraction of sp³-hybridized carbons (Fsp3) is 0.900.